The van der Waals surface area contributed by atoms with Gasteiger partial charge in [0, 0.05) is 6.26 Å². The third-order valence-corrected chi connectivity index (χ3v) is 4.13. The third-order valence-electron chi connectivity index (χ3n) is 3.00. The zero-order valence-corrected chi connectivity index (χ0v) is 12.5. The molecule has 0 spiro atoms. The molecule has 0 aromatic heterocycles. The zero-order valence-electron chi connectivity index (χ0n) is 11.7. The molecule has 0 aliphatic carbocycles. The van der Waals surface area contributed by atoms with Crippen LogP contribution in [-0.4, -0.2) is 25.7 Å². The predicted molar refractivity (Wildman–Crippen MR) is 81.5 cm³/mol. The second kappa shape index (κ2) is 6.11. The zero-order chi connectivity index (χ0) is 16.3. The maximum atomic E-state index is 12.9. The van der Waals surface area contributed by atoms with Crippen LogP contribution >= 0.6 is 0 Å². The van der Waals surface area contributed by atoms with Crippen molar-refractivity contribution in [3.63, 3.8) is 0 Å². The van der Waals surface area contributed by atoms with Gasteiger partial charge in [0.25, 0.3) is 0 Å². The highest BCUT2D eigenvalue weighted by Crippen LogP contribution is 2.20. The Labute approximate surface area is 127 Å². The van der Waals surface area contributed by atoms with Crippen LogP contribution in [-0.2, 0) is 14.6 Å². The summed E-state index contributed by atoms with van der Waals surface area (Å²) in [6, 6.07) is 11.0. The number of aliphatic carboxylic acids is 1. The van der Waals surface area contributed by atoms with Gasteiger partial charge in [-0.05, 0) is 41.5 Å². The average molecular weight is 320 g/mol. The second-order valence-electron chi connectivity index (χ2n) is 4.71. The van der Waals surface area contributed by atoms with Gasteiger partial charge < -0.3 is 5.11 Å². The van der Waals surface area contributed by atoms with E-state index in [0.29, 0.717) is 11.1 Å². The summed E-state index contributed by atoms with van der Waals surface area (Å²) in [5.74, 6) is -1.61. The van der Waals surface area contributed by atoms with Gasteiger partial charge in [0.15, 0.2) is 9.84 Å². The molecular formula is C16H13FO4S. The Morgan fingerprint density at radius 2 is 1.59 bits per heavy atom. The number of benzene rings is 2. The van der Waals surface area contributed by atoms with Crippen molar-refractivity contribution in [3.8, 4) is 0 Å². The lowest BCUT2D eigenvalue weighted by atomic mass is 10.0. The van der Waals surface area contributed by atoms with Crippen molar-refractivity contribution in [2.75, 3.05) is 6.26 Å². The van der Waals surface area contributed by atoms with Gasteiger partial charge in [0.2, 0.25) is 0 Å². The largest absolute Gasteiger partial charge is 0.478 e. The number of sulfone groups is 1. The van der Waals surface area contributed by atoms with Crippen LogP contribution in [0.15, 0.2) is 53.4 Å². The smallest absolute Gasteiger partial charge is 0.336 e. The molecule has 0 heterocycles. The first-order valence-electron chi connectivity index (χ1n) is 6.28. The fourth-order valence-electron chi connectivity index (χ4n) is 1.88. The minimum Gasteiger partial charge on any atom is -0.478 e. The molecule has 6 heteroatoms. The number of halogens is 1. The molecule has 4 nitrogen and oxygen atoms in total. The summed E-state index contributed by atoms with van der Waals surface area (Å²) < 4.78 is 35.7. The van der Waals surface area contributed by atoms with E-state index >= 15 is 0 Å². The van der Waals surface area contributed by atoms with E-state index in [9.17, 15) is 22.7 Å². The normalized spacial score (nSPS) is 12.2. The second-order valence-corrected chi connectivity index (χ2v) is 6.73. The summed E-state index contributed by atoms with van der Waals surface area (Å²) in [5, 5.41) is 9.28. The fourth-order valence-corrected chi connectivity index (χ4v) is 2.51. The Kier molecular flexibility index (Phi) is 4.42. The standard InChI is InChI=1S/C16H13FO4S/c1-22(20,21)14-8-2-11(3-9-14)10-15(16(18)19)12-4-6-13(17)7-5-12/h2-10H,1H3,(H,18,19)/b15-10+. The van der Waals surface area contributed by atoms with E-state index in [0.717, 1.165) is 6.26 Å². The van der Waals surface area contributed by atoms with Gasteiger partial charge in [-0.2, -0.15) is 0 Å². The first-order chi connectivity index (χ1) is 10.3. The van der Waals surface area contributed by atoms with Gasteiger partial charge in [-0.15, -0.1) is 0 Å². The quantitative estimate of drug-likeness (QED) is 0.694. The Morgan fingerprint density at radius 3 is 2.05 bits per heavy atom. The van der Waals surface area contributed by atoms with E-state index in [1.165, 1.54) is 54.6 Å². The molecule has 22 heavy (non-hydrogen) atoms. The molecule has 0 saturated heterocycles. The summed E-state index contributed by atoms with van der Waals surface area (Å²) in [4.78, 5) is 11.5. The van der Waals surface area contributed by atoms with Crippen molar-refractivity contribution in [1.82, 2.24) is 0 Å². The van der Waals surface area contributed by atoms with Crippen molar-refractivity contribution >= 4 is 27.5 Å². The number of hydrogen-bond donors (Lipinski definition) is 1. The first-order valence-corrected chi connectivity index (χ1v) is 8.17. The molecule has 2 aromatic rings. The maximum absolute atomic E-state index is 12.9. The van der Waals surface area contributed by atoms with E-state index in [1.807, 2.05) is 0 Å². The molecule has 2 aromatic carbocycles. The topological polar surface area (TPSA) is 71.4 Å². The van der Waals surface area contributed by atoms with E-state index < -0.39 is 21.6 Å². The summed E-state index contributed by atoms with van der Waals surface area (Å²) in [6.45, 7) is 0. The summed E-state index contributed by atoms with van der Waals surface area (Å²) in [5.41, 5.74) is 0.891. The number of carboxylic acids is 1. The lowest BCUT2D eigenvalue weighted by Gasteiger charge is -2.04. The molecule has 0 unspecified atom stereocenters. The van der Waals surface area contributed by atoms with Gasteiger partial charge in [-0.25, -0.2) is 17.6 Å². The summed E-state index contributed by atoms with van der Waals surface area (Å²) in [7, 11) is -3.30. The maximum Gasteiger partial charge on any atom is 0.336 e. The third kappa shape index (κ3) is 3.79. The highest BCUT2D eigenvalue weighted by atomic mass is 32.2. The van der Waals surface area contributed by atoms with Gasteiger partial charge in [0.05, 0.1) is 10.5 Å². The van der Waals surface area contributed by atoms with E-state index in [1.54, 1.807) is 0 Å². The highest BCUT2D eigenvalue weighted by molar-refractivity contribution is 7.90. The van der Waals surface area contributed by atoms with E-state index in [4.69, 9.17) is 0 Å². The number of carbonyl (C=O) groups is 1. The molecule has 0 atom stereocenters. The molecule has 1 N–H and O–H groups in total. The van der Waals surface area contributed by atoms with Crippen LogP contribution in [0.25, 0.3) is 11.6 Å². The Hall–Kier alpha value is -2.47. The lowest BCUT2D eigenvalue weighted by molar-refractivity contribution is -0.130. The molecule has 0 saturated carbocycles. The molecule has 0 amide bonds. The number of hydrogen-bond acceptors (Lipinski definition) is 3. The lowest BCUT2D eigenvalue weighted by Crippen LogP contribution is -2.00. The van der Waals surface area contributed by atoms with E-state index in [2.05, 4.69) is 0 Å². The average Bonchev–Trinajstić information content (AvgIpc) is 2.45. The molecule has 0 fully saturated rings. The first kappa shape index (κ1) is 15.9. The van der Waals surface area contributed by atoms with Crippen LogP contribution in [0.1, 0.15) is 11.1 Å². The monoisotopic (exact) mass is 320 g/mol. The van der Waals surface area contributed by atoms with Crippen molar-refractivity contribution in [2.45, 2.75) is 4.90 Å². The molecule has 2 rings (SSSR count). The summed E-state index contributed by atoms with van der Waals surface area (Å²) >= 11 is 0. The molecule has 114 valence electrons. The number of rotatable bonds is 4. The van der Waals surface area contributed by atoms with E-state index in [-0.39, 0.29) is 10.5 Å². The van der Waals surface area contributed by atoms with Gasteiger partial charge in [-0.3, -0.25) is 0 Å². The molecule has 0 aliphatic rings. The van der Waals surface area contributed by atoms with Crippen LogP contribution in [0.5, 0.6) is 0 Å². The Balaban J connectivity index is 2.43. The van der Waals surface area contributed by atoms with Crippen LogP contribution in [0.2, 0.25) is 0 Å². The van der Waals surface area contributed by atoms with Crippen LogP contribution in [0.4, 0.5) is 4.39 Å². The Morgan fingerprint density at radius 1 is 1.05 bits per heavy atom. The van der Waals surface area contributed by atoms with Crippen molar-refractivity contribution in [3.05, 3.63) is 65.5 Å². The minimum atomic E-state index is -3.30. The summed E-state index contributed by atoms with van der Waals surface area (Å²) in [6.07, 6.45) is 2.50. The molecule has 0 aliphatic heterocycles. The van der Waals surface area contributed by atoms with Crippen LogP contribution in [0.3, 0.4) is 0 Å². The number of carboxylic acid groups (broad SMARTS) is 1. The fraction of sp³-hybridized carbons (Fsp3) is 0.0625. The predicted octanol–water partition coefficient (Wildman–Crippen LogP) is 2.85. The molecular weight excluding hydrogens is 307 g/mol. The van der Waals surface area contributed by atoms with Crippen molar-refractivity contribution < 1.29 is 22.7 Å². The van der Waals surface area contributed by atoms with Crippen LogP contribution < -0.4 is 0 Å². The van der Waals surface area contributed by atoms with Crippen LogP contribution in [0, 0.1) is 5.82 Å². The molecule has 0 radical (unpaired) electrons. The van der Waals surface area contributed by atoms with Crippen molar-refractivity contribution in [1.29, 1.82) is 0 Å². The molecule has 0 bridgehead atoms. The SMILES string of the molecule is CS(=O)(=O)c1ccc(/C=C(/C(=O)O)c2ccc(F)cc2)cc1. The highest BCUT2D eigenvalue weighted by Gasteiger charge is 2.11. The van der Waals surface area contributed by atoms with Gasteiger partial charge in [0.1, 0.15) is 5.82 Å². The van der Waals surface area contributed by atoms with Crippen molar-refractivity contribution in [2.24, 2.45) is 0 Å². The Bertz CT molecular complexity index is 819. The minimum absolute atomic E-state index is 0.00731. The van der Waals surface area contributed by atoms with Gasteiger partial charge in [-0.1, -0.05) is 24.3 Å². The van der Waals surface area contributed by atoms with Gasteiger partial charge >= 0.3 is 5.97 Å².